The lowest BCUT2D eigenvalue weighted by atomic mass is 10.0. The van der Waals surface area contributed by atoms with Gasteiger partial charge in [-0.2, -0.15) is 0 Å². The smallest absolute Gasteiger partial charge is 0.321 e. The normalized spacial score (nSPS) is 13.5. The third-order valence-corrected chi connectivity index (χ3v) is 4.73. The number of thiazole rings is 1. The van der Waals surface area contributed by atoms with Crippen molar-refractivity contribution in [2.45, 2.75) is 32.1 Å². The van der Waals surface area contributed by atoms with Gasteiger partial charge < -0.3 is 5.32 Å². The highest BCUT2D eigenvalue weighted by molar-refractivity contribution is 7.15. The number of hydrogen-bond donors (Lipinski definition) is 2. The van der Waals surface area contributed by atoms with E-state index in [9.17, 15) is 9.18 Å². The zero-order valence-electron chi connectivity index (χ0n) is 12.2. The number of nitrogens with zero attached hydrogens (tertiary/aromatic N) is 1. The number of hydrogen-bond acceptors (Lipinski definition) is 3. The molecule has 2 amide bonds. The topological polar surface area (TPSA) is 54.0 Å². The average Bonchev–Trinajstić information content (AvgIpc) is 2.89. The lowest BCUT2D eigenvalue weighted by Gasteiger charge is -2.06. The number of aromatic nitrogens is 1. The zero-order chi connectivity index (χ0) is 15.4. The number of carbonyl (C=O) groups excluding carboxylic acids is 1. The Morgan fingerprint density at radius 2 is 2.18 bits per heavy atom. The summed E-state index contributed by atoms with van der Waals surface area (Å²) in [5.74, 6) is -0.254. The minimum absolute atomic E-state index is 0.254. The van der Waals surface area contributed by atoms with Gasteiger partial charge in [-0.15, -0.1) is 11.3 Å². The van der Waals surface area contributed by atoms with Crippen LogP contribution in [0.1, 0.15) is 29.0 Å². The third kappa shape index (κ3) is 3.82. The molecule has 1 aromatic heterocycles. The summed E-state index contributed by atoms with van der Waals surface area (Å²) in [7, 11) is 0. The summed E-state index contributed by atoms with van der Waals surface area (Å²) in [5, 5.41) is 6.22. The molecule has 0 saturated carbocycles. The van der Waals surface area contributed by atoms with E-state index in [1.807, 2.05) is 6.07 Å². The van der Waals surface area contributed by atoms with Crippen LogP contribution in [0.2, 0.25) is 0 Å². The molecule has 6 heteroatoms. The average molecular weight is 319 g/mol. The summed E-state index contributed by atoms with van der Waals surface area (Å²) in [4.78, 5) is 17.6. The van der Waals surface area contributed by atoms with Gasteiger partial charge in [0.05, 0.1) is 5.69 Å². The molecule has 1 aliphatic rings. The van der Waals surface area contributed by atoms with E-state index in [0.29, 0.717) is 18.1 Å². The Kier molecular flexibility index (Phi) is 4.68. The molecule has 1 heterocycles. The number of nitrogens with one attached hydrogen (secondary N) is 2. The number of urea groups is 1. The van der Waals surface area contributed by atoms with Gasteiger partial charge in [-0.3, -0.25) is 5.32 Å². The van der Waals surface area contributed by atoms with Crippen molar-refractivity contribution in [1.29, 1.82) is 0 Å². The number of rotatable bonds is 4. The highest BCUT2D eigenvalue weighted by atomic mass is 32.1. The predicted molar refractivity (Wildman–Crippen MR) is 85.9 cm³/mol. The second kappa shape index (κ2) is 6.87. The van der Waals surface area contributed by atoms with Crippen molar-refractivity contribution in [3.63, 3.8) is 0 Å². The maximum Gasteiger partial charge on any atom is 0.321 e. The quantitative estimate of drug-likeness (QED) is 0.906. The highest BCUT2D eigenvalue weighted by Gasteiger charge is 2.16. The maximum absolute atomic E-state index is 13.0. The fourth-order valence-corrected chi connectivity index (χ4v) is 3.60. The van der Waals surface area contributed by atoms with Gasteiger partial charge in [0.1, 0.15) is 5.82 Å². The number of amides is 2. The highest BCUT2D eigenvalue weighted by Crippen LogP contribution is 2.29. The molecule has 0 radical (unpaired) electrons. The van der Waals surface area contributed by atoms with Crippen LogP contribution >= 0.6 is 11.3 Å². The minimum Gasteiger partial charge on any atom is -0.337 e. The molecule has 22 heavy (non-hydrogen) atoms. The molecule has 2 aromatic rings. The summed E-state index contributed by atoms with van der Waals surface area (Å²) >= 11 is 1.56. The van der Waals surface area contributed by atoms with E-state index < -0.39 is 0 Å². The maximum atomic E-state index is 13.0. The van der Waals surface area contributed by atoms with Crippen LogP contribution in [-0.4, -0.2) is 17.6 Å². The van der Waals surface area contributed by atoms with Crippen LogP contribution in [0.15, 0.2) is 24.3 Å². The van der Waals surface area contributed by atoms with Gasteiger partial charge in [-0.25, -0.2) is 14.2 Å². The summed E-state index contributed by atoms with van der Waals surface area (Å²) in [6.45, 7) is 0.459. The van der Waals surface area contributed by atoms with Crippen LogP contribution in [0, 0.1) is 5.82 Å². The number of carbonyl (C=O) groups is 1. The third-order valence-electron chi connectivity index (χ3n) is 3.65. The van der Waals surface area contributed by atoms with Gasteiger partial charge in [-0.05, 0) is 49.8 Å². The Labute approximate surface area is 132 Å². The minimum atomic E-state index is -0.262. The summed E-state index contributed by atoms with van der Waals surface area (Å²) in [5.41, 5.74) is 2.00. The molecular formula is C16H18FN3OS. The Balaban J connectivity index is 1.47. The molecule has 116 valence electrons. The first-order valence-electron chi connectivity index (χ1n) is 7.48. The van der Waals surface area contributed by atoms with Crippen LogP contribution in [-0.2, 0) is 19.3 Å². The number of halogens is 1. The molecule has 0 atom stereocenters. The van der Waals surface area contributed by atoms with Crippen LogP contribution in [0.25, 0.3) is 0 Å². The van der Waals surface area contributed by atoms with Gasteiger partial charge in [0.2, 0.25) is 0 Å². The molecule has 1 aliphatic carbocycles. The van der Waals surface area contributed by atoms with Crippen molar-refractivity contribution in [3.8, 4) is 0 Å². The summed E-state index contributed by atoms with van der Waals surface area (Å²) in [6.07, 6.45) is 5.05. The van der Waals surface area contributed by atoms with E-state index >= 15 is 0 Å². The first kappa shape index (κ1) is 15.0. The van der Waals surface area contributed by atoms with E-state index in [4.69, 9.17) is 0 Å². The predicted octanol–water partition coefficient (Wildman–Crippen LogP) is 3.53. The Bertz CT molecular complexity index is 648. The second-order valence-electron chi connectivity index (χ2n) is 5.36. The van der Waals surface area contributed by atoms with E-state index in [2.05, 4.69) is 15.6 Å². The van der Waals surface area contributed by atoms with Gasteiger partial charge in [0.15, 0.2) is 5.13 Å². The van der Waals surface area contributed by atoms with Crippen molar-refractivity contribution in [3.05, 3.63) is 46.2 Å². The molecule has 0 fully saturated rings. The molecular weight excluding hydrogens is 301 g/mol. The van der Waals surface area contributed by atoms with Crippen molar-refractivity contribution in [2.24, 2.45) is 0 Å². The molecule has 3 rings (SSSR count). The molecule has 1 aromatic carbocycles. The first-order valence-corrected chi connectivity index (χ1v) is 8.30. The van der Waals surface area contributed by atoms with E-state index in [-0.39, 0.29) is 11.8 Å². The monoisotopic (exact) mass is 319 g/mol. The molecule has 0 bridgehead atoms. The number of anilines is 1. The van der Waals surface area contributed by atoms with E-state index in [0.717, 1.165) is 24.1 Å². The largest absolute Gasteiger partial charge is 0.337 e. The van der Waals surface area contributed by atoms with Gasteiger partial charge in [0.25, 0.3) is 0 Å². The van der Waals surface area contributed by atoms with Crippen LogP contribution in [0.4, 0.5) is 14.3 Å². The number of benzene rings is 1. The van der Waals surface area contributed by atoms with E-state index in [1.165, 1.54) is 29.9 Å². The van der Waals surface area contributed by atoms with Crippen molar-refractivity contribution < 1.29 is 9.18 Å². The Morgan fingerprint density at radius 1 is 1.32 bits per heavy atom. The Hall–Kier alpha value is -1.95. The van der Waals surface area contributed by atoms with Crippen LogP contribution < -0.4 is 10.6 Å². The Morgan fingerprint density at radius 3 is 3.00 bits per heavy atom. The molecule has 0 saturated heterocycles. The molecule has 0 spiro atoms. The first-order chi connectivity index (χ1) is 10.7. The lowest BCUT2D eigenvalue weighted by Crippen LogP contribution is -2.30. The summed E-state index contributed by atoms with van der Waals surface area (Å²) in [6, 6.07) is 6.15. The molecule has 0 aliphatic heterocycles. The zero-order valence-corrected chi connectivity index (χ0v) is 13.0. The number of fused-ring (bicyclic) bond motifs is 1. The van der Waals surface area contributed by atoms with Crippen LogP contribution in [0.3, 0.4) is 0 Å². The van der Waals surface area contributed by atoms with E-state index in [1.54, 1.807) is 17.4 Å². The van der Waals surface area contributed by atoms with Crippen molar-refractivity contribution >= 4 is 22.5 Å². The lowest BCUT2D eigenvalue weighted by molar-refractivity contribution is 0.252. The summed E-state index contributed by atoms with van der Waals surface area (Å²) < 4.78 is 13.0. The molecule has 0 unspecified atom stereocenters. The van der Waals surface area contributed by atoms with Crippen LogP contribution in [0.5, 0.6) is 0 Å². The van der Waals surface area contributed by atoms with Gasteiger partial charge in [-0.1, -0.05) is 12.1 Å². The standard InChI is InChI=1S/C16H18FN3OS/c17-12-5-3-4-11(10-12)8-9-18-15(21)20-16-19-13-6-1-2-7-14(13)22-16/h3-5,10H,1-2,6-9H2,(H2,18,19,20,21). The fourth-order valence-electron chi connectivity index (χ4n) is 2.56. The fraction of sp³-hybridized carbons (Fsp3) is 0.375. The van der Waals surface area contributed by atoms with Gasteiger partial charge >= 0.3 is 6.03 Å². The van der Waals surface area contributed by atoms with Crippen molar-refractivity contribution in [2.75, 3.05) is 11.9 Å². The number of aryl methyl sites for hydroxylation is 2. The van der Waals surface area contributed by atoms with Gasteiger partial charge in [0, 0.05) is 11.4 Å². The molecule has 4 nitrogen and oxygen atoms in total. The SMILES string of the molecule is O=C(NCCc1cccc(F)c1)Nc1nc2c(s1)CCCC2. The second-order valence-corrected chi connectivity index (χ2v) is 6.44. The molecule has 2 N–H and O–H groups in total. The van der Waals surface area contributed by atoms with Crippen molar-refractivity contribution in [1.82, 2.24) is 10.3 Å².